The number of carboxylic acid groups (broad SMARTS) is 2. The highest BCUT2D eigenvalue weighted by molar-refractivity contribution is 6.13. The van der Waals surface area contributed by atoms with E-state index in [4.69, 9.17) is 10.2 Å². The number of imide groups is 1. The molecule has 0 saturated heterocycles. The molecule has 3 amide bonds. The van der Waals surface area contributed by atoms with E-state index >= 15 is 0 Å². The van der Waals surface area contributed by atoms with Crippen molar-refractivity contribution in [1.29, 1.82) is 0 Å². The molecule has 20 heavy (non-hydrogen) atoms. The summed E-state index contributed by atoms with van der Waals surface area (Å²) < 4.78 is 0. The Balaban J connectivity index is 2.57. The van der Waals surface area contributed by atoms with Crippen molar-refractivity contribution in [3.8, 4) is 0 Å². The Morgan fingerprint density at radius 1 is 1.00 bits per heavy atom. The van der Waals surface area contributed by atoms with E-state index in [-0.39, 0.29) is 13.0 Å². The van der Waals surface area contributed by atoms with Gasteiger partial charge in [-0.15, -0.1) is 0 Å². The third-order valence-corrected chi connectivity index (χ3v) is 2.45. The normalized spacial score (nSPS) is 13.7. The van der Waals surface area contributed by atoms with Gasteiger partial charge in [-0.2, -0.15) is 0 Å². The van der Waals surface area contributed by atoms with Gasteiger partial charge in [0.05, 0.1) is 0 Å². The maximum Gasteiger partial charge on any atom is 0.323 e. The van der Waals surface area contributed by atoms with Crippen LogP contribution in [0.15, 0.2) is 12.2 Å². The lowest BCUT2D eigenvalue weighted by Crippen LogP contribution is -2.41. The Labute approximate surface area is 113 Å². The lowest BCUT2D eigenvalue weighted by atomic mass is 10.3. The minimum atomic E-state index is -1.35. The predicted octanol–water partition coefficient (Wildman–Crippen LogP) is -1.70. The molecule has 1 aliphatic rings. The molecule has 1 rings (SSSR count). The minimum absolute atomic E-state index is 0.223. The van der Waals surface area contributed by atoms with E-state index in [1.807, 2.05) is 0 Å². The van der Waals surface area contributed by atoms with E-state index in [2.05, 4.69) is 0 Å². The topological polar surface area (TPSA) is 132 Å². The molecule has 0 aromatic rings. The van der Waals surface area contributed by atoms with Crippen LogP contribution in [0.1, 0.15) is 6.42 Å². The molecular weight excluding hydrogens is 272 g/mol. The molecule has 0 saturated carbocycles. The molecule has 0 bridgehead atoms. The molecule has 0 unspecified atom stereocenters. The predicted molar refractivity (Wildman–Crippen MR) is 62.3 cm³/mol. The van der Waals surface area contributed by atoms with Gasteiger partial charge in [-0.25, -0.2) is 0 Å². The van der Waals surface area contributed by atoms with Gasteiger partial charge < -0.3 is 15.1 Å². The summed E-state index contributed by atoms with van der Waals surface area (Å²) in [5, 5.41) is 17.2. The number of hydrogen-bond acceptors (Lipinski definition) is 5. The van der Waals surface area contributed by atoms with Gasteiger partial charge in [0, 0.05) is 25.1 Å². The van der Waals surface area contributed by atoms with Crippen molar-refractivity contribution in [2.75, 3.05) is 19.6 Å². The highest BCUT2D eigenvalue weighted by atomic mass is 16.4. The average Bonchev–Trinajstić information content (AvgIpc) is 2.64. The number of aliphatic carboxylic acids is 2. The van der Waals surface area contributed by atoms with Crippen LogP contribution in [0.25, 0.3) is 0 Å². The van der Waals surface area contributed by atoms with Crippen LogP contribution in [-0.2, 0) is 24.0 Å². The smallest absolute Gasteiger partial charge is 0.323 e. The van der Waals surface area contributed by atoms with Crippen molar-refractivity contribution in [1.82, 2.24) is 9.80 Å². The summed E-state index contributed by atoms with van der Waals surface area (Å²) in [5.74, 6) is -4.59. The molecule has 1 heterocycles. The first-order valence-electron chi connectivity index (χ1n) is 5.56. The zero-order valence-corrected chi connectivity index (χ0v) is 10.3. The second-order valence-electron chi connectivity index (χ2n) is 3.95. The van der Waals surface area contributed by atoms with Gasteiger partial charge in [-0.05, 0) is 0 Å². The molecule has 0 radical (unpaired) electrons. The number of hydrogen-bond donors (Lipinski definition) is 2. The molecule has 0 aromatic heterocycles. The van der Waals surface area contributed by atoms with Gasteiger partial charge in [0.15, 0.2) is 0 Å². The van der Waals surface area contributed by atoms with Gasteiger partial charge in [0.2, 0.25) is 5.91 Å². The van der Waals surface area contributed by atoms with Crippen molar-refractivity contribution < 1.29 is 34.2 Å². The number of carbonyl (C=O) groups excluding carboxylic acids is 3. The van der Waals surface area contributed by atoms with E-state index in [9.17, 15) is 24.0 Å². The first-order valence-corrected chi connectivity index (χ1v) is 5.56. The molecule has 9 heteroatoms. The standard InChI is InChI=1S/C11H12N2O7/c14-7(12(5-10(17)18)6-11(19)20)3-4-13-8(15)1-2-9(13)16/h1-2H,3-6H2,(H,17,18)(H,19,20). The molecule has 0 aliphatic carbocycles. The fourth-order valence-electron chi connectivity index (χ4n) is 1.58. The summed E-state index contributed by atoms with van der Waals surface area (Å²) in [5.41, 5.74) is 0. The molecule has 108 valence electrons. The Hall–Kier alpha value is -2.71. The van der Waals surface area contributed by atoms with E-state index in [0.717, 1.165) is 17.1 Å². The quantitative estimate of drug-likeness (QED) is 0.532. The zero-order chi connectivity index (χ0) is 15.3. The molecule has 0 atom stereocenters. The maximum absolute atomic E-state index is 11.7. The van der Waals surface area contributed by atoms with Crippen LogP contribution in [0.3, 0.4) is 0 Å². The SMILES string of the molecule is O=C(O)CN(CC(=O)O)C(=O)CCN1C(=O)C=CC1=O. The first kappa shape index (κ1) is 15.3. The van der Waals surface area contributed by atoms with Gasteiger partial charge in [-0.3, -0.25) is 28.9 Å². The van der Waals surface area contributed by atoms with Crippen LogP contribution in [0.4, 0.5) is 0 Å². The van der Waals surface area contributed by atoms with Crippen LogP contribution < -0.4 is 0 Å². The second-order valence-corrected chi connectivity index (χ2v) is 3.95. The van der Waals surface area contributed by atoms with Crippen molar-refractivity contribution in [2.45, 2.75) is 6.42 Å². The lowest BCUT2D eigenvalue weighted by molar-refractivity contribution is -0.150. The number of carboxylic acids is 2. The molecule has 0 spiro atoms. The largest absolute Gasteiger partial charge is 0.480 e. The van der Waals surface area contributed by atoms with Crippen molar-refractivity contribution in [2.24, 2.45) is 0 Å². The number of nitrogens with zero attached hydrogens (tertiary/aromatic N) is 2. The van der Waals surface area contributed by atoms with Crippen LogP contribution >= 0.6 is 0 Å². The van der Waals surface area contributed by atoms with Crippen LogP contribution in [0.5, 0.6) is 0 Å². The summed E-state index contributed by atoms with van der Waals surface area (Å²) in [7, 11) is 0. The highest BCUT2D eigenvalue weighted by Gasteiger charge is 2.26. The molecule has 0 fully saturated rings. The summed E-state index contributed by atoms with van der Waals surface area (Å²) >= 11 is 0. The van der Waals surface area contributed by atoms with Crippen molar-refractivity contribution in [3.05, 3.63) is 12.2 Å². The number of amides is 3. The van der Waals surface area contributed by atoms with Crippen molar-refractivity contribution >= 4 is 29.7 Å². The minimum Gasteiger partial charge on any atom is -0.480 e. The molecule has 2 N–H and O–H groups in total. The van der Waals surface area contributed by atoms with Crippen LogP contribution in [0.2, 0.25) is 0 Å². The Kier molecular flexibility index (Phi) is 4.95. The molecule has 1 aliphatic heterocycles. The van der Waals surface area contributed by atoms with Crippen LogP contribution in [0, 0.1) is 0 Å². The van der Waals surface area contributed by atoms with Crippen LogP contribution in [-0.4, -0.2) is 69.3 Å². The average molecular weight is 284 g/mol. The summed E-state index contributed by atoms with van der Waals surface area (Å²) in [6.07, 6.45) is 1.78. The number of carbonyl (C=O) groups is 5. The second kappa shape index (κ2) is 6.45. The van der Waals surface area contributed by atoms with Gasteiger partial charge in [0.1, 0.15) is 13.1 Å². The molecular formula is C11H12N2O7. The van der Waals surface area contributed by atoms with Gasteiger partial charge in [0.25, 0.3) is 11.8 Å². The fourth-order valence-corrected chi connectivity index (χ4v) is 1.58. The van der Waals surface area contributed by atoms with Gasteiger partial charge in [-0.1, -0.05) is 0 Å². The highest BCUT2D eigenvalue weighted by Crippen LogP contribution is 2.05. The zero-order valence-electron chi connectivity index (χ0n) is 10.3. The lowest BCUT2D eigenvalue weighted by Gasteiger charge is -2.20. The summed E-state index contributed by atoms with van der Waals surface area (Å²) in [6, 6.07) is 0. The first-order chi connectivity index (χ1) is 9.31. The van der Waals surface area contributed by atoms with E-state index in [1.54, 1.807) is 0 Å². The summed E-state index contributed by atoms with van der Waals surface area (Å²) in [4.78, 5) is 56.7. The van der Waals surface area contributed by atoms with E-state index < -0.39 is 42.7 Å². The fraction of sp³-hybridized carbons (Fsp3) is 0.364. The molecule has 9 nitrogen and oxygen atoms in total. The third-order valence-electron chi connectivity index (χ3n) is 2.45. The third kappa shape index (κ3) is 4.19. The van der Waals surface area contributed by atoms with E-state index in [1.165, 1.54) is 0 Å². The Morgan fingerprint density at radius 3 is 1.85 bits per heavy atom. The molecule has 0 aromatic carbocycles. The van der Waals surface area contributed by atoms with Crippen molar-refractivity contribution in [3.63, 3.8) is 0 Å². The maximum atomic E-state index is 11.7. The Morgan fingerprint density at radius 2 is 1.45 bits per heavy atom. The number of rotatable bonds is 7. The summed E-state index contributed by atoms with van der Waals surface area (Å²) in [6.45, 7) is -1.74. The van der Waals surface area contributed by atoms with E-state index in [0.29, 0.717) is 4.90 Å². The van der Waals surface area contributed by atoms with Gasteiger partial charge >= 0.3 is 11.9 Å². The monoisotopic (exact) mass is 284 g/mol. The Bertz CT molecular complexity index is 463.